The summed E-state index contributed by atoms with van der Waals surface area (Å²) in [7, 11) is 0. The van der Waals surface area contributed by atoms with Crippen molar-refractivity contribution in [2.24, 2.45) is 5.16 Å². The molecule has 0 radical (unpaired) electrons. The zero-order valence-electron chi connectivity index (χ0n) is 9.86. The van der Waals surface area contributed by atoms with Crippen molar-refractivity contribution in [3.05, 3.63) is 54.4 Å². The summed E-state index contributed by atoms with van der Waals surface area (Å²) < 4.78 is 0. The average Bonchev–Trinajstić information content (AvgIpc) is 2.45. The van der Waals surface area contributed by atoms with E-state index < -0.39 is 0 Å². The number of hydrogen-bond acceptors (Lipinski definition) is 4. The van der Waals surface area contributed by atoms with Crippen LogP contribution in [0.3, 0.4) is 0 Å². The maximum Gasteiger partial charge on any atom is 0.140 e. The molecule has 0 aliphatic heterocycles. The number of aliphatic hydroxyl groups excluding tert-OH is 1. The minimum atomic E-state index is -0.0420. The molecule has 92 valence electrons. The molecule has 0 spiro atoms. The molecule has 0 saturated heterocycles. The molecule has 2 aromatic rings. The lowest BCUT2D eigenvalue weighted by Gasteiger charge is -2.01. The lowest BCUT2D eigenvalue weighted by molar-refractivity contribution is 0.0997. The van der Waals surface area contributed by atoms with Gasteiger partial charge in [-0.2, -0.15) is 0 Å². The van der Waals surface area contributed by atoms with Crippen molar-refractivity contribution in [2.75, 3.05) is 13.2 Å². The maximum absolute atomic E-state index is 8.55. The predicted molar refractivity (Wildman–Crippen MR) is 70.3 cm³/mol. The Morgan fingerprint density at radius 3 is 2.78 bits per heavy atom. The third kappa shape index (κ3) is 3.40. The van der Waals surface area contributed by atoms with Gasteiger partial charge in [-0.25, -0.2) is 0 Å². The Morgan fingerprint density at radius 1 is 1.17 bits per heavy atom. The van der Waals surface area contributed by atoms with Crippen LogP contribution in [0.2, 0.25) is 0 Å². The molecule has 0 atom stereocenters. The number of nitrogens with zero attached hydrogens (tertiary/aromatic N) is 2. The van der Waals surface area contributed by atoms with E-state index in [-0.39, 0.29) is 13.2 Å². The van der Waals surface area contributed by atoms with Crippen LogP contribution in [0, 0.1) is 0 Å². The molecule has 0 aliphatic rings. The fraction of sp³-hybridized carbons (Fsp3) is 0.143. The highest BCUT2D eigenvalue weighted by Crippen LogP contribution is 2.17. The van der Waals surface area contributed by atoms with Crippen LogP contribution < -0.4 is 0 Å². The summed E-state index contributed by atoms with van der Waals surface area (Å²) in [6.45, 7) is 0.155. The third-order valence-electron chi connectivity index (χ3n) is 2.33. The van der Waals surface area contributed by atoms with E-state index in [1.54, 1.807) is 18.6 Å². The summed E-state index contributed by atoms with van der Waals surface area (Å²) in [5.74, 6) is 0. The van der Waals surface area contributed by atoms with Gasteiger partial charge in [0.2, 0.25) is 0 Å². The maximum atomic E-state index is 8.55. The van der Waals surface area contributed by atoms with E-state index >= 15 is 0 Å². The van der Waals surface area contributed by atoms with Crippen LogP contribution in [0.15, 0.2) is 53.9 Å². The van der Waals surface area contributed by atoms with Crippen LogP contribution >= 0.6 is 0 Å². The summed E-state index contributed by atoms with van der Waals surface area (Å²) in [6.07, 6.45) is 5.09. The van der Waals surface area contributed by atoms with Gasteiger partial charge in [-0.1, -0.05) is 35.5 Å². The number of hydrogen-bond donors (Lipinski definition) is 1. The number of aromatic nitrogens is 1. The van der Waals surface area contributed by atoms with Crippen molar-refractivity contribution in [3.8, 4) is 11.1 Å². The smallest absolute Gasteiger partial charge is 0.140 e. The van der Waals surface area contributed by atoms with Crippen LogP contribution in [-0.2, 0) is 4.84 Å². The molecular weight excluding hydrogens is 228 g/mol. The van der Waals surface area contributed by atoms with Gasteiger partial charge in [0, 0.05) is 23.5 Å². The molecule has 0 saturated carbocycles. The monoisotopic (exact) mass is 242 g/mol. The van der Waals surface area contributed by atoms with Crippen LogP contribution in [0.1, 0.15) is 5.56 Å². The topological polar surface area (TPSA) is 54.7 Å². The lowest BCUT2D eigenvalue weighted by atomic mass is 10.1. The minimum absolute atomic E-state index is 0.0420. The molecule has 2 rings (SSSR count). The Hall–Kier alpha value is -2.20. The third-order valence-corrected chi connectivity index (χ3v) is 2.33. The molecule has 0 aliphatic carbocycles. The quantitative estimate of drug-likeness (QED) is 0.496. The van der Waals surface area contributed by atoms with E-state index in [0.717, 1.165) is 16.7 Å². The summed E-state index contributed by atoms with van der Waals surface area (Å²) in [5, 5.41) is 12.3. The molecule has 4 heteroatoms. The molecule has 1 aromatic carbocycles. The van der Waals surface area contributed by atoms with Gasteiger partial charge in [0.1, 0.15) is 6.61 Å². The van der Waals surface area contributed by atoms with Gasteiger partial charge in [-0.3, -0.25) is 4.98 Å². The molecule has 0 unspecified atom stereocenters. The Bertz CT molecular complexity index is 512. The largest absolute Gasteiger partial charge is 0.393 e. The molecule has 4 nitrogen and oxygen atoms in total. The van der Waals surface area contributed by atoms with Crippen LogP contribution in [0.4, 0.5) is 0 Å². The van der Waals surface area contributed by atoms with Gasteiger partial charge >= 0.3 is 0 Å². The van der Waals surface area contributed by atoms with Crippen LogP contribution in [0.5, 0.6) is 0 Å². The number of aliphatic hydroxyl groups is 1. The van der Waals surface area contributed by atoms with E-state index in [1.807, 2.05) is 36.4 Å². The second-order valence-corrected chi connectivity index (χ2v) is 3.66. The first-order valence-electron chi connectivity index (χ1n) is 5.67. The molecule has 1 aromatic heterocycles. The molecule has 1 heterocycles. The predicted octanol–water partition coefficient (Wildman–Crippen LogP) is 2.09. The number of benzene rings is 1. The van der Waals surface area contributed by atoms with Gasteiger partial charge in [-0.15, -0.1) is 0 Å². The minimum Gasteiger partial charge on any atom is -0.393 e. The average molecular weight is 242 g/mol. The SMILES string of the molecule is OCCO/N=C/c1cncc(-c2ccccc2)c1. The molecule has 1 N–H and O–H groups in total. The Morgan fingerprint density at radius 2 is 2.00 bits per heavy atom. The number of oxime groups is 1. The van der Waals surface area contributed by atoms with E-state index in [2.05, 4.69) is 10.1 Å². The highest BCUT2D eigenvalue weighted by molar-refractivity contribution is 5.81. The van der Waals surface area contributed by atoms with Gasteiger partial charge in [0.25, 0.3) is 0 Å². The summed E-state index contributed by atoms with van der Waals surface area (Å²) in [5.41, 5.74) is 2.99. The van der Waals surface area contributed by atoms with E-state index in [1.165, 1.54) is 0 Å². The highest BCUT2D eigenvalue weighted by Gasteiger charge is 1.98. The molecule has 0 fully saturated rings. The van der Waals surface area contributed by atoms with Crippen LogP contribution in [-0.4, -0.2) is 29.5 Å². The summed E-state index contributed by atoms with van der Waals surface area (Å²) in [6, 6.07) is 12.0. The van der Waals surface area contributed by atoms with Crippen molar-refractivity contribution in [3.63, 3.8) is 0 Å². The second-order valence-electron chi connectivity index (χ2n) is 3.66. The van der Waals surface area contributed by atoms with Gasteiger partial charge in [0.15, 0.2) is 0 Å². The highest BCUT2D eigenvalue weighted by atomic mass is 16.6. The Balaban J connectivity index is 2.13. The van der Waals surface area contributed by atoms with E-state index in [0.29, 0.717) is 0 Å². The zero-order chi connectivity index (χ0) is 12.6. The fourth-order valence-electron chi connectivity index (χ4n) is 1.51. The first-order valence-corrected chi connectivity index (χ1v) is 5.67. The van der Waals surface area contributed by atoms with Crippen molar-refractivity contribution in [1.82, 2.24) is 4.98 Å². The molecule has 0 amide bonds. The van der Waals surface area contributed by atoms with E-state index in [4.69, 9.17) is 9.94 Å². The molecular formula is C14H14N2O2. The first kappa shape index (κ1) is 12.3. The zero-order valence-corrected chi connectivity index (χ0v) is 9.86. The van der Waals surface area contributed by atoms with Gasteiger partial charge in [0.05, 0.1) is 12.8 Å². The first-order chi connectivity index (χ1) is 8.90. The number of rotatable bonds is 5. The van der Waals surface area contributed by atoms with Crippen molar-refractivity contribution in [2.45, 2.75) is 0 Å². The van der Waals surface area contributed by atoms with Crippen molar-refractivity contribution >= 4 is 6.21 Å². The van der Waals surface area contributed by atoms with Crippen molar-refractivity contribution < 1.29 is 9.94 Å². The van der Waals surface area contributed by atoms with Gasteiger partial charge < -0.3 is 9.94 Å². The Labute approximate surface area is 106 Å². The van der Waals surface area contributed by atoms with Gasteiger partial charge in [-0.05, 0) is 11.6 Å². The summed E-state index contributed by atoms with van der Waals surface area (Å²) in [4.78, 5) is 8.99. The Kier molecular flexibility index (Phi) is 4.44. The fourth-order valence-corrected chi connectivity index (χ4v) is 1.51. The normalized spacial score (nSPS) is 10.7. The lowest BCUT2D eigenvalue weighted by Crippen LogP contribution is -1.94. The second kappa shape index (κ2) is 6.51. The van der Waals surface area contributed by atoms with Crippen LogP contribution in [0.25, 0.3) is 11.1 Å². The van der Waals surface area contributed by atoms with Crippen molar-refractivity contribution in [1.29, 1.82) is 0 Å². The number of pyridine rings is 1. The van der Waals surface area contributed by atoms with E-state index in [9.17, 15) is 0 Å². The molecule has 0 bridgehead atoms. The molecule has 18 heavy (non-hydrogen) atoms. The standard InChI is InChI=1S/C14H14N2O2/c17-6-7-18-16-10-12-8-14(11-15-9-12)13-4-2-1-3-5-13/h1-5,8-11,17H,6-7H2/b16-10+. The summed E-state index contributed by atoms with van der Waals surface area (Å²) >= 11 is 0.